The zero-order chi connectivity index (χ0) is 20.2. The molecule has 0 unspecified atom stereocenters. The lowest BCUT2D eigenvalue weighted by Crippen LogP contribution is -2.44. The molecule has 7 heteroatoms. The molecule has 2 aromatic carbocycles. The van der Waals surface area contributed by atoms with E-state index in [0.717, 1.165) is 35.4 Å². The van der Waals surface area contributed by atoms with Gasteiger partial charge in [0.15, 0.2) is 0 Å². The van der Waals surface area contributed by atoms with Gasteiger partial charge in [-0.05, 0) is 68.1 Å². The quantitative estimate of drug-likeness (QED) is 0.597. The molecule has 1 aliphatic rings. The number of ether oxygens (including phenoxy) is 1. The standard InChI is InChI=1S/C22H22N4O3/c1-14-2-7-18(8-3-14)29-19-9-4-16(5-10-19)24-21(27)22(28)25-17-6-11-20-15(12-17)13-23-26-20/h2-5,7-10,13,17H,6,11-12H2,1H3,(H,23,26)(H,24,27)(H,25,28)/t17-/m1/s1. The van der Waals surface area contributed by atoms with Crippen LogP contribution in [0.15, 0.2) is 54.7 Å². The number of nitrogens with one attached hydrogen (secondary N) is 3. The zero-order valence-corrected chi connectivity index (χ0v) is 16.1. The molecule has 0 bridgehead atoms. The number of aromatic amines is 1. The fourth-order valence-electron chi connectivity index (χ4n) is 3.33. The van der Waals surface area contributed by atoms with Crippen LogP contribution in [0.1, 0.15) is 23.2 Å². The minimum absolute atomic E-state index is 0.0661. The van der Waals surface area contributed by atoms with Crippen LogP contribution in [0, 0.1) is 6.92 Å². The Bertz CT molecular complexity index is 1010. The number of H-pyrrole nitrogens is 1. The maximum absolute atomic E-state index is 12.2. The fraction of sp³-hybridized carbons (Fsp3) is 0.227. The molecule has 2 amide bonds. The summed E-state index contributed by atoms with van der Waals surface area (Å²) in [4.78, 5) is 24.4. The summed E-state index contributed by atoms with van der Waals surface area (Å²) in [5, 5.41) is 12.4. The first-order valence-corrected chi connectivity index (χ1v) is 9.54. The number of carbonyl (C=O) groups excluding carboxylic acids is 2. The number of amides is 2. The molecule has 29 heavy (non-hydrogen) atoms. The molecule has 1 aromatic heterocycles. The summed E-state index contributed by atoms with van der Waals surface area (Å²) in [7, 11) is 0. The van der Waals surface area contributed by atoms with Crippen molar-refractivity contribution in [3.05, 3.63) is 71.5 Å². The molecule has 7 nitrogen and oxygen atoms in total. The second-order valence-electron chi connectivity index (χ2n) is 7.18. The van der Waals surface area contributed by atoms with E-state index in [0.29, 0.717) is 17.9 Å². The van der Waals surface area contributed by atoms with E-state index in [-0.39, 0.29) is 6.04 Å². The lowest BCUT2D eigenvalue weighted by molar-refractivity contribution is -0.136. The summed E-state index contributed by atoms with van der Waals surface area (Å²) in [6.07, 6.45) is 4.04. The Hall–Kier alpha value is -3.61. The number of fused-ring (bicyclic) bond motifs is 1. The summed E-state index contributed by atoms with van der Waals surface area (Å²) in [6, 6.07) is 14.6. The maximum Gasteiger partial charge on any atom is 0.313 e. The van der Waals surface area contributed by atoms with E-state index in [1.165, 1.54) is 0 Å². The predicted molar refractivity (Wildman–Crippen MR) is 109 cm³/mol. The molecule has 1 atom stereocenters. The van der Waals surface area contributed by atoms with Crippen LogP contribution in [-0.2, 0) is 22.4 Å². The highest BCUT2D eigenvalue weighted by molar-refractivity contribution is 6.39. The Morgan fingerprint density at radius 1 is 1.03 bits per heavy atom. The van der Waals surface area contributed by atoms with Crippen molar-refractivity contribution in [3.8, 4) is 11.5 Å². The highest BCUT2D eigenvalue weighted by Crippen LogP contribution is 2.23. The molecule has 0 saturated heterocycles. The molecular weight excluding hydrogens is 368 g/mol. The number of rotatable bonds is 4. The van der Waals surface area contributed by atoms with Crippen LogP contribution in [0.5, 0.6) is 11.5 Å². The van der Waals surface area contributed by atoms with Crippen LogP contribution in [-0.4, -0.2) is 28.1 Å². The van der Waals surface area contributed by atoms with E-state index in [4.69, 9.17) is 4.74 Å². The van der Waals surface area contributed by atoms with Crippen molar-refractivity contribution in [3.63, 3.8) is 0 Å². The van der Waals surface area contributed by atoms with Crippen molar-refractivity contribution < 1.29 is 14.3 Å². The monoisotopic (exact) mass is 390 g/mol. The second-order valence-corrected chi connectivity index (χ2v) is 7.18. The first kappa shape index (κ1) is 18.7. The van der Waals surface area contributed by atoms with Crippen LogP contribution < -0.4 is 15.4 Å². The fourth-order valence-corrected chi connectivity index (χ4v) is 3.33. The van der Waals surface area contributed by atoms with Crippen molar-refractivity contribution in [2.45, 2.75) is 32.2 Å². The van der Waals surface area contributed by atoms with Gasteiger partial charge in [-0.1, -0.05) is 17.7 Å². The van der Waals surface area contributed by atoms with Crippen molar-refractivity contribution >= 4 is 17.5 Å². The van der Waals surface area contributed by atoms with E-state index in [1.807, 2.05) is 31.2 Å². The minimum atomic E-state index is -0.685. The predicted octanol–water partition coefficient (Wildman–Crippen LogP) is 3.12. The summed E-state index contributed by atoms with van der Waals surface area (Å²) < 4.78 is 5.76. The normalized spacial score (nSPS) is 15.3. The molecule has 1 aliphatic carbocycles. The third-order valence-electron chi connectivity index (χ3n) is 4.93. The SMILES string of the molecule is Cc1ccc(Oc2ccc(NC(=O)C(=O)N[C@@H]3CCc4[nH]ncc4C3)cc2)cc1. The summed E-state index contributed by atoms with van der Waals surface area (Å²) in [6.45, 7) is 2.01. The third-order valence-corrected chi connectivity index (χ3v) is 4.93. The Balaban J connectivity index is 1.30. The molecule has 0 radical (unpaired) electrons. The van der Waals surface area contributed by atoms with Gasteiger partial charge in [-0.3, -0.25) is 14.7 Å². The first-order valence-electron chi connectivity index (χ1n) is 9.54. The zero-order valence-electron chi connectivity index (χ0n) is 16.1. The average Bonchev–Trinajstić information content (AvgIpc) is 3.19. The van der Waals surface area contributed by atoms with Crippen molar-refractivity contribution in [2.75, 3.05) is 5.32 Å². The van der Waals surface area contributed by atoms with Gasteiger partial charge in [-0.25, -0.2) is 0 Å². The summed E-state index contributed by atoms with van der Waals surface area (Å²) in [5.74, 6) is 0.0616. The molecule has 0 saturated carbocycles. The van der Waals surface area contributed by atoms with Crippen molar-refractivity contribution in [1.29, 1.82) is 0 Å². The van der Waals surface area contributed by atoms with Crippen LogP contribution in [0.2, 0.25) is 0 Å². The number of aromatic nitrogens is 2. The van der Waals surface area contributed by atoms with Crippen LogP contribution in [0.25, 0.3) is 0 Å². The number of benzene rings is 2. The van der Waals surface area contributed by atoms with Crippen LogP contribution >= 0.6 is 0 Å². The highest BCUT2D eigenvalue weighted by Gasteiger charge is 2.24. The lowest BCUT2D eigenvalue weighted by Gasteiger charge is -2.22. The van der Waals surface area contributed by atoms with E-state index in [2.05, 4.69) is 20.8 Å². The van der Waals surface area contributed by atoms with E-state index < -0.39 is 11.8 Å². The summed E-state index contributed by atoms with van der Waals surface area (Å²) in [5.41, 5.74) is 3.88. The number of hydrogen-bond donors (Lipinski definition) is 3. The second kappa shape index (κ2) is 8.18. The van der Waals surface area contributed by atoms with E-state index >= 15 is 0 Å². The maximum atomic E-state index is 12.2. The van der Waals surface area contributed by atoms with Crippen LogP contribution in [0.3, 0.4) is 0 Å². The molecule has 0 spiro atoms. The number of hydrogen-bond acceptors (Lipinski definition) is 4. The van der Waals surface area contributed by atoms with Gasteiger partial charge < -0.3 is 15.4 Å². The molecule has 148 valence electrons. The third kappa shape index (κ3) is 4.63. The van der Waals surface area contributed by atoms with Gasteiger partial charge in [0.05, 0.1) is 6.20 Å². The van der Waals surface area contributed by atoms with Gasteiger partial charge >= 0.3 is 11.8 Å². The smallest absolute Gasteiger partial charge is 0.313 e. The molecule has 4 rings (SSSR count). The molecule has 0 fully saturated rings. The first-order chi connectivity index (χ1) is 14.1. The summed E-state index contributed by atoms with van der Waals surface area (Å²) >= 11 is 0. The van der Waals surface area contributed by atoms with Gasteiger partial charge in [0, 0.05) is 17.4 Å². The number of carbonyl (C=O) groups is 2. The minimum Gasteiger partial charge on any atom is -0.457 e. The molecule has 3 aromatic rings. The topological polar surface area (TPSA) is 96.1 Å². The lowest BCUT2D eigenvalue weighted by atomic mass is 9.93. The van der Waals surface area contributed by atoms with Crippen LogP contribution in [0.4, 0.5) is 5.69 Å². The number of nitrogens with zero attached hydrogens (tertiary/aromatic N) is 1. The average molecular weight is 390 g/mol. The van der Waals surface area contributed by atoms with Gasteiger partial charge in [0.1, 0.15) is 11.5 Å². The highest BCUT2D eigenvalue weighted by atomic mass is 16.5. The van der Waals surface area contributed by atoms with Crippen molar-refractivity contribution in [2.24, 2.45) is 0 Å². The largest absolute Gasteiger partial charge is 0.457 e. The number of aryl methyl sites for hydroxylation is 2. The van der Waals surface area contributed by atoms with E-state index in [9.17, 15) is 9.59 Å². The van der Waals surface area contributed by atoms with Gasteiger partial charge in [0.2, 0.25) is 0 Å². The van der Waals surface area contributed by atoms with Gasteiger partial charge in [-0.15, -0.1) is 0 Å². The number of anilines is 1. The van der Waals surface area contributed by atoms with Gasteiger partial charge in [-0.2, -0.15) is 5.10 Å². The molecule has 1 heterocycles. The van der Waals surface area contributed by atoms with E-state index in [1.54, 1.807) is 30.5 Å². The molecule has 0 aliphatic heterocycles. The van der Waals surface area contributed by atoms with Crippen molar-refractivity contribution in [1.82, 2.24) is 15.5 Å². The van der Waals surface area contributed by atoms with Gasteiger partial charge in [0.25, 0.3) is 0 Å². The molecular formula is C22H22N4O3. The Morgan fingerprint density at radius 2 is 1.72 bits per heavy atom. The molecule has 3 N–H and O–H groups in total. The Morgan fingerprint density at radius 3 is 2.45 bits per heavy atom. The Kier molecular flexibility index (Phi) is 5.29. The Labute approximate surface area is 168 Å².